The van der Waals surface area contributed by atoms with Crippen molar-refractivity contribution in [3.8, 4) is 5.75 Å². The maximum Gasteiger partial charge on any atom is 0.338 e. The lowest BCUT2D eigenvalue weighted by molar-refractivity contribution is -0.119. The molecule has 0 aliphatic carbocycles. The molecule has 32 heavy (non-hydrogen) atoms. The number of carbonyl (C=O) groups is 3. The standard InChI is InChI=1S/C24H25N3O5/c1-31-21-9-7-18(8-10-21)24(30)32-12-11-26-23(29)19-13-17(15-25-16-19)14-22(28)27-20-5-3-2-4-6-20/h2-10,15-17H,11-14H2,1H3,(H,26,29)(H,27,28). The largest absolute Gasteiger partial charge is 0.497 e. The summed E-state index contributed by atoms with van der Waals surface area (Å²) in [6.45, 7) is 0.205. The van der Waals surface area contributed by atoms with E-state index >= 15 is 0 Å². The van der Waals surface area contributed by atoms with Crippen LogP contribution in [-0.4, -0.2) is 44.3 Å². The molecule has 1 atom stereocenters. The van der Waals surface area contributed by atoms with Gasteiger partial charge in [-0.15, -0.1) is 0 Å². The van der Waals surface area contributed by atoms with Crippen molar-refractivity contribution in [2.45, 2.75) is 12.8 Å². The van der Waals surface area contributed by atoms with Crippen molar-refractivity contribution in [2.24, 2.45) is 10.9 Å². The fourth-order valence-electron chi connectivity index (χ4n) is 3.12. The van der Waals surface area contributed by atoms with Crippen molar-refractivity contribution in [2.75, 3.05) is 25.6 Å². The van der Waals surface area contributed by atoms with Crippen LogP contribution in [0.1, 0.15) is 23.2 Å². The average Bonchev–Trinajstić information content (AvgIpc) is 2.82. The number of rotatable bonds is 9. The maximum absolute atomic E-state index is 12.4. The molecule has 2 amide bonds. The number of methoxy groups -OCH3 is 1. The summed E-state index contributed by atoms with van der Waals surface area (Å²) in [6, 6.07) is 15.8. The van der Waals surface area contributed by atoms with Gasteiger partial charge in [-0.1, -0.05) is 18.2 Å². The quantitative estimate of drug-likeness (QED) is 0.465. The van der Waals surface area contributed by atoms with Crippen LogP contribution in [0.5, 0.6) is 5.75 Å². The molecular formula is C24H25N3O5. The predicted octanol–water partition coefficient (Wildman–Crippen LogP) is 2.97. The summed E-state index contributed by atoms with van der Waals surface area (Å²) in [5.41, 5.74) is 1.60. The average molecular weight is 435 g/mol. The minimum Gasteiger partial charge on any atom is -0.497 e. The molecule has 1 aliphatic heterocycles. The molecule has 3 rings (SSSR count). The normalized spacial score (nSPS) is 14.8. The van der Waals surface area contributed by atoms with Crippen LogP contribution < -0.4 is 15.4 Å². The fourth-order valence-corrected chi connectivity index (χ4v) is 3.12. The minimum absolute atomic E-state index is 0.0378. The lowest BCUT2D eigenvalue weighted by atomic mass is 9.95. The number of aliphatic imine (C=N–C) groups is 1. The molecule has 0 saturated carbocycles. The summed E-state index contributed by atoms with van der Waals surface area (Å²) in [7, 11) is 1.55. The van der Waals surface area contributed by atoms with E-state index in [4.69, 9.17) is 9.47 Å². The highest BCUT2D eigenvalue weighted by molar-refractivity contribution is 5.96. The molecule has 8 heteroatoms. The number of esters is 1. The van der Waals surface area contributed by atoms with Gasteiger partial charge in [0.15, 0.2) is 0 Å². The summed E-state index contributed by atoms with van der Waals surface area (Å²) in [5, 5.41) is 5.54. The summed E-state index contributed by atoms with van der Waals surface area (Å²) in [6.07, 6.45) is 3.80. The van der Waals surface area contributed by atoms with Gasteiger partial charge >= 0.3 is 5.97 Å². The third kappa shape index (κ3) is 6.80. The van der Waals surface area contributed by atoms with Crippen molar-refractivity contribution < 1.29 is 23.9 Å². The molecule has 0 spiro atoms. The van der Waals surface area contributed by atoms with Gasteiger partial charge in [-0.2, -0.15) is 0 Å². The Morgan fingerprint density at radius 2 is 1.81 bits per heavy atom. The van der Waals surface area contributed by atoms with Crippen LogP contribution in [-0.2, 0) is 14.3 Å². The monoisotopic (exact) mass is 435 g/mol. The molecular weight excluding hydrogens is 410 g/mol. The topological polar surface area (TPSA) is 106 Å². The lowest BCUT2D eigenvalue weighted by Gasteiger charge is -2.17. The highest BCUT2D eigenvalue weighted by Gasteiger charge is 2.20. The lowest BCUT2D eigenvalue weighted by Crippen LogP contribution is -2.31. The molecule has 8 nitrogen and oxygen atoms in total. The van der Waals surface area contributed by atoms with E-state index in [-0.39, 0.29) is 37.3 Å². The Bertz CT molecular complexity index is 1000. The van der Waals surface area contributed by atoms with Crippen molar-refractivity contribution >= 4 is 29.7 Å². The Hall–Kier alpha value is -3.94. The van der Waals surface area contributed by atoms with Gasteiger partial charge < -0.3 is 20.1 Å². The molecule has 0 bridgehead atoms. The van der Waals surface area contributed by atoms with E-state index in [0.29, 0.717) is 23.3 Å². The zero-order valence-corrected chi connectivity index (χ0v) is 17.7. The van der Waals surface area contributed by atoms with Crippen molar-refractivity contribution in [1.82, 2.24) is 5.32 Å². The second-order valence-electron chi connectivity index (χ2n) is 7.16. The third-order valence-electron chi connectivity index (χ3n) is 4.75. The van der Waals surface area contributed by atoms with E-state index < -0.39 is 5.97 Å². The number of ether oxygens (including phenoxy) is 2. The molecule has 166 valence electrons. The van der Waals surface area contributed by atoms with Gasteiger partial charge in [0, 0.05) is 36.0 Å². The number of hydrogen-bond acceptors (Lipinski definition) is 6. The molecule has 2 N–H and O–H groups in total. The first-order valence-corrected chi connectivity index (χ1v) is 10.2. The highest BCUT2D eigenvalue weighted by Crippen LogP contribution is 2.19. The van der Waals surface area contributed by atoms with Gasteiger partial charge in [0.1, 0.15) is 12.4 Å². The molecule has 2 aromatic rings. The summed E-state index contributed by atoms with van der Waals surface area (Å²) < 4.78 is 10.2. The Morgan fingerprint density at radius 3 is 2.53 bits per heavy atom. The van der Waals surface area contributed by atoms with Crippen LogP contribution in [0.2, 0.25) is 0 Å². The van der Waals surface area contributed by atoms with Gasteiger partial charge in [-0.05, 0) is 42.8 Å². The smallest absolute Gasteiger partial charge is 0.338 e. The number of hydrogen-bond donors (Lipinski definition) is 2. The van der Waals surface area contributed by atoms with E-state index in [2.05, 4.69) is 15.6 Å². The van der Waals surface area contributed by atoms with Gasteiger partial charge in [0.2, 0.25) is 11.8 Å². The fraction of sp³-hybridized carbons (Fsp3) is 0.250. The maximum atomic E-state index is 12.4. The summed E-state index contributed by atoms with van der Waals surface area (Å²) >= 11 is 0. The van der Waals surface area contributed by atoms with E-state index in [1.165, 1.54) is 6.20 Å². The van der Waals surface area contributed by atoms with Crippen molar-refractivity contribution in [3.63, 3.8) is 0 Å². The van der Waals surface area contributed by atoms with Gasteiger partial charge in [-0.25, -0.2) is 4.79 Å². The van der Waals surface area contributed by atoms with Gasteiger partial charge in [0.05, 0.1) is 19.2 Å². The molecule has 0 aromatic heterocycles. The van der Waals surface area contributed by atoms with Gasteiger partial charge in [0.25, 0.3) is 0 Å². The molecule has 1 heterocycles. The number of para-hydroxylation sites is 1. The summed E-state index contributed by atoms with van der Waals surface area (Å²) in [5.74, 6) is -0.436. The number of amides is 2. The Labute approximate surface area is 186 Å². The van der Waals surface area contributed by atoms with Crippen molar-refractivity contribution in [3.05, 3.63) is 71.9 Å². The molecule has 1 unspecified atom stereocenters. The van der Waals surface area contributed by atoms with E-state index in [0.717, 1.165) is 5.69 Å². The zero-order chi connectivity index (χ0) is 22.8. The number of nitrogens with zero attached hydrogens (tertiary/aromatic N) is 1. The molecule has 0 radical (unpaired) electrons. The van der Waals surface area contributed by atoms with Crippen LogP contribution >= 0.6 is 0 Å². The SMILES string of the molecule is COc1ccc(C(=O)OCCNC(=O)C2=CN=CC(CC(=O)Nc3ccccc3)C2)cc1. The Kier molecular flexibility index (Phi) is 8.14. The number of nitrogens with one attached hydrogen (secondary N) is 2. The summed E-state index contributed by atoms with van der Waals surface area (Å²) in [4.78, 5) is 40.8. The molecule has 0 saturated heterocycles. The van der Waals surface area contributed by atoms with E-state index in [9.17, 15) is 14.4 Å². The van der Waals surface area contributed by atoms with Crippen LogP contribution in [0, 0.1) is 5.92 Å². The van der Waals surface area contributed by atoms with Crippen LogP contribution in [0.3, 0.4) is 0 Å². The van der Waals surface area contributed by atoms with Crippen molar-refractivity contribution in [1.29, 1.82) is 0 Å². The highest BCUT2D eigenvalue weighted by atomic mass is 16.5. The number of anilines is 1. The predicted molar refractivity (Wildman–Crippen MR) is 121 cm³/mol. The first-order chi connectivity index (χ1) is 15.5. The Morgan fingerprint density at radius 1 is 1.06 bits per heavy atom. The van der Waals surface area contributed by atoms with Crippen LogP contribution in [0.4, 0.5) is 5.69 Å². The Balaban J connectivity index is 1.38. The molecule has 0 fully saturated rings. The number of benzene rings is 2. The molecule has 1 aliphatic rings. The van der Waals surface area contributed by atoms with Crippen LogP contribution in [0.25, 0.3) is 0 Å². The molecule has 2 aromatic carbocycles. The number of carbonyl (C=O) groups excluding carboxylic acids is 3. The van der Waals surface area contributed by atoms with Gasteiger partial charge in [-0.3, -0.25) is 14.6 Å². The first kappa shape index (κ1) is 22.7. The van der Waals surface area contributed by atoms with E-state index in [1.807, 2.05) is 30.3 Å². The third-order valence-corrected chi connectivity index (χ3v) is 4.75. The van der Waals surface area contributed by atoms with Crippen LogP contribution in [0.15, 0.2) is 71.4 Å². The van der Waals surface area contributed by atoms with E-state index in [1.54, 1.807) is 37.6 Å². The zero-order valence-electron chi connectivity index (χ0n) is 17.7. The minimum atomic E-state index is -0.479. The first-order valence-electron chi connectivity index (χ1n) is 10.2. The second kappa shape index (κ2) is 11.5. The second-order valence-corrected chi connectivity index (χ2v) is 7.16.